The minimum Gasteiger partial charge on any atom is -0.308 e. The molecule has 0 aliphatic carbocycles. The van der Waals surface area contributed by atoms with Gasteiger partial charge in [-0.3, -0.25) is 0 Å². The summed E-state index contributed by atoms with van der Waals surface area (Å²) < 4.78 is 0.991. The summed E-state index contributed by atoms with van der Waals surface area (Å²) in [6.07, 6.45) is 0. The van der Waals surface area contributed by atoms with E-state index in [1.165, 1.54) is 16.7 Å². The molecule has 134 valence electrons. The lowest BCUT2D eigenvalue weighted by Crippen LogP contribution is -2.58. The van der Waals surface area contributed by atoms with E-state index in [-0.39, 0.29) is 5.54 Å². The molecule has 1 heteroatoms. The molecule has 0 aliphatic heterocycles. The summed E-state index contributed by atoms with van der Waals surface area (Å²) in [7, 11) is 0. The Morgan fingerprint density at radius 3 is 1.00 bits per heavy atom. The fraction of sp³-hybridized carbons (Fsp3) is 0.280. The Morgan fingerprint density at radius 2 is 0.769 bits per heavy atom. The van der Waals surface area contributed by atoms with Gasteiger partial charge in [-0.25, -0.2) is 0 Å². The van der Waals surface area contributed by atoms with Gasteiger partial charge in [-0.2, -0.15) is 0 Å². The number of benzene rings is 3. The maximum absolute atomic E-state index is 2.38. The van der Waals surface area contributed by atoms with Gasteiger partial charge in [-0.05, 0) is 20.8 Å². The van der Waals surface area contributed by atoms with E-state index in [1.54, 1.807) is 0 Å². The van der Waals surface area contributed by atoms with Crippen molar-refractivity contribution in [3.05, 3.63) is 108 Å². The van der Waals surface area contributed by atoms with Crippen LogP contribution in [0.4, 0.5) is 0 Å². The van der Waals surface area contributed by atoms with Crippen LogP contribution in [0.1, 0.15) is 37.5 Å². The first kappa shape index (κ1) is 18.4. The fourth-order valence-electron chi connectivity index (χ4n) is 3.68. The van der Waals surface area contributed by atoms with E-state index < -0.39 is 0 Å². The van der Waals surface area contributed by atoms with Crippen LogP contribution in [0.5, 0.6) is 0 Å². The molecule has 0 fully saturated rings. The van der Waals surface area contributed by atoms with Crippen LogP contribution in [-0.2, 0) is 19.6 Å². The van der Waals surface area contributed by atoms with E-state index in [0.717, 1.165) is 24.1 Å². The fourth-order valence-corrected chi connectivity index (χ4v) is 3.68. The smallest absolute Gasteiger partial charge is 0.105 e. The second-order valence-corrected chi connectivity index (χ2v) is 8.25. The third kappa shape index (κ3) is 4.42. The van der Waals surface area contributed by atoms with Crippen LogP contribution in [0.2, 0.25) is 0 Å². The highest BCUT2D eigenvalue weighted by atomic mass is 15.4. The molecule has 0 bridgehead atoms. The third-order valence-corrected chi connectivity index (χ3v) is 5.41. The topological polar surface area (TPSA) is 0 Å². The summed E-state index contributed by atoms with van der Waals surface area (Å²) in [5, 5.41) is 0. The van der Waals surface area contributed by atoms with Gasteiger partial charge in [0.05, 0.1) is 5.54 Å². The van der Waals surface area contributed by atoms with Gasteiger partial charge in [0, 0.05) is 16.7 Å². The van der Waals surface area contributed by atoms with Crippen LogP contribution in [0.25, 0.3) is 0 Å². The van der Waals surface area contributed by atoms with Crippen molar-refractivity contribution in [2.45, 2.75) is 45.9 Å². The van der Waals surface area contributed by atoms with E-state index in [0.29, 0.717) is 0 Å². The molecule has 0 aliphatic rings. The Balaban J connectivity index is 2.04. The maximum Gasteiger partial charge on any atom is 0.105 e. The van der Waals surface area contributed by atoms with Gasteiger partial charge in [0.15, 0.2) is 0 Å². The molecule has 0 saturated carbocycles. The molecule has 1 nitrogen and oxygen atoms in total. The van der Waals surface area contributed by atoms with Gasteiger partial charge < -0.3 is 4.48 Å². The highest BCUT2D eigenvalue weighted by molar-refractivity contribution is 5.17. The van der Waals surface area contributed by atoms with E-state index in [4.69, 9.17) is 0 Å². The second-order valence-electron chi connectivity index (χ2n) is 8.25. The molecule has 3 aromatic rings. The molecule has 0 spiro atoms. The Bertz CT molecular complexity index is 684. The van der Waals surface area contributed by atoms with Crippen LogP contribution < -0.4 is 0 Å². The summed E-state index contributed by atoms with van der Waals surface area (Å²) in [4.78, 5) is 0. The number of hydrogen-bond donors (Lipinski definition) is 0. The van der Waals surface area contributed by atoms with E-state index >= 15 is 0 Å². The van der Waals surface area contributed by atoms with Gasteiger partial charge >= 0.3 is 0 Å². The van der Waals surface area contributed by atoms with Crippen molar-refractivity contribution in [2.75, 3.05) is 0 Å². The standard InChI is InChI=1S/C25H30N/c1-25(2,3)26(19-22-13-7-4-8-14-22,20-23-15-9-5-10-16-23)21-24-17-11-6-12-18-24/h4-18H,19-21H2,1-3H3/q+1. The van der Waals surface area contributed by atoms with Crippen molar-refractivity contribution in [1.82, 2.24) is 0 Å². The Labute approximate surface area is 158 Å². The lowest BCUT2D eigenvalue weighted by Gasteiger charge is -2.49. The molecule has 0 aromatic heterocycles. The summed E-state index contributed by atoms with van der Waals surface area (Å²) in [5.74, 6) is 0. The van der Waals surface area contributed by atoms with Gasteiger partial charge in [-0.1, -0.05) is 91.0 Å². The van der Waals surface area contributed by atoms with Crippen molar-refractivity contribution in [3.8, 4) is 0 Å². The SMILES string of the molecule is CC(C)(C)[N+](Cc1ccccc1)(Cc1ccccc1)Cc1ccccc1. The van der Waals surface area contributed by atoms with E-state index in [1.807, 2.05) is 0 Å². The van der Waals surface area contributed by atoms with Crippen LogP contribution in [0, 0.1) is 0 Å². The zero-order chi connectivity index (χ0) is 18.5. The average molecular weight is 345 g/mol. The predicted molar refractivity (Wildman–Crippen MR) is 110 cm³/mol. The van der Waals surface area contributed by atoms with Crippen LogP contribution in [-0.4, -0.2) is 10.0 Å². The Kier molecular flexibility index (Phi) is 5.58. The van der Waals surface area contributed by atoms with Gasteiger partial charge in [-0.15, -0.1) is 0 Å². The molecule has 3 rings (SSSR count). The first-order valence-corrected chi connectivity index (χ1v) is 9.47. The first-order chi connectivity index (χ1) is 12.5. The lowest BCUT2D eigenvalue weighted by atomic mass is 9.95. The molecule has 0 unspecified atom stereocenters. The molecule has 0 heterocycles. The first-order valence-electron chi connectivity index (χ1n) is 9.47. The Hall–Kier alpha value is -2.38. The Morgan fingerprint density at radius 1 is 0.500 bits per heavy atom. The molecule has 26 heavy (non-hydrogen) atoms. The minimum absolute atomic E-state index is 0.113. The molecular formula is C25H30N+. The maximum atomic E-state index is 2.38. The number of nitrogens with zero attached hydrogens (tertiary/aromatic N) is 1. The van der Waals surface area contributed by atoms with Crippen molar-refractivity contribution < 1.29 is 4.48 Å². The number of hydrogen-bond acceptors (Lipinski definition) is 0. The van der Waals surface area contributed by atoms with Crippen LogP contribution in [0.3, 0.4) is 0 Å². The normalized spacial score (nSPS) is 12.1. The van der Waals surface area contributed by atoms with Crippen molar-refractivity contribution in [1.29, 1.82) is 0 Å². The zero-order valence-corrected chi connectivity index (χ0v) is 16.2. The zero-order valence-electron chi connectivity index (χ0n) is 16.2. The monoisotopic (exact) mass is 344 g/mol. The molecule has 0 radical (unpaired) electrons. The van der Waals surface area contributed by atoms with Gasteiger partial charge in [0.2, 0.25) is 0 Å². The third-order valence-electron chi connectivity index (χ3n) is 5.41. The minimum atomic E-state index is 0.113. The molecule has 0 N–H and O–H groups in total. The highest BCUT2D eigenvalue weighted by Crippen LogP contribution is 2.34. The average Bonchev–Trinajstić information content (AvgIpc) is 2.63. The van der Waals surface area contributed by atoms with Crippen molar-refractivity contribution in [3.63, 3.8) is 0 Å². The van der Waals surface area contributed by atoms with Crippen LogP contribution in [0.15, 0.2) is 91.0 Å². The summed E-state index contributed by atoms with van der Waals surface area (Å²) >= 11 is 0. The largest absolute Gasteiger partial charge is 0.308 e. The van der Waals surface area contributed by atoms with E-state index in [9.17, 15) is 0 Å². The van der Waals surface area contributed by atoms with Gasteiger partial charge in [0.1, 0.15) is 19.6 Å². The predicted octanol–water partition coefficient (Wildman–Crippen LogP) is 6.20. The van der Waals surface area contributed by atoms with Crippen molar-refractivity contribution >= 4 is 0 Å². The summed E-state index contributed by atoms with van der Waals surface area (Å²) in [6.45, 7) is 10.2. The number of rotatable bonds is 6. The summed E-state index contributed by atoms with van der Waals surface area (Å²) in [6, 6.07) is 32.8. The molecule has 0 amide bonds. The molecule has 0 atom stereocenters. The van der Waals surface area contributed by atoms with E-state index in [2.05, 4.69) is 112 Å². The van der Waals surface area contributed by atoms with Crippen LogP contribution >= 0.6 is 0 Å². The number of quaternary nitrogens is 1. The molecule has 0 saturated heterocycles. The van der Waals surface area contributed by atoms with Crippen molar-refractivity contribution in [2.24, 2.45) is 0 Å². The summed E-state index contributed by atoms with van der Waals surface area (Å²) in [5.41, 5.74) is 4.31. The lowest BCUT2D eigenvalue weighted by molar-refractivity contribution is -1.01. The van der Waals surface area contributed by atoms with Gasteiger partial charge in [0.25, 0.3) is 0 Å². The second kappa shape index (κ2) is 7.88. The molecular weight excluding hydrogens is 314 g/mol. The molecule has 3 aromatic carbocycles. The highest BCUT2D eigenvalue weighted by Gasteiger charge is 2.40. The quantitative estimate of drug-likeness (QED) is 0.467.